The number of aryl methyl sites for hydroxylation is 1. The van der Waals surface area contributed by atoms with Crippen molar-refractivity contribution < 1.29 is 4.74 Å². The molecule has 0 unspecified atom stereocenters. The van der Waals surface area contributed by atoms with Gasteiger partial charge in [-0.3, -0.25) is 4.68 Å². The van der Waals surface area contributed by atoms with Crippen molar-refractivity contribution in [1.82, 2.24) is 14.8 Å². The minimum absolute atomic E-state index is 0.618. The molecule has 0 fully saturated rings. The molecule has 2 rings (SSSR count). The van der Waals surface area contributed by atoms with E-state index in [2.05, 4.69) is 15.4 Å². The van der Waals surface area contributed by atoms with Gasteiger partial charge in [-0.25, -0.2) is 4.98 Å². The molecule has 1 N–H and O–H groups in total. The molecule has 2 aromatic rings. The van der Waals surface area contributed by atoms with E-state index in [1.807, 2.05) is 31.6 Å². The van der Waals surface area contributed by atoms with E-state index in [4.69, 9.17) is 4.74 Å². The lowest BCUT2D eigenvalue weighted by Crippen LogP contribution is -1.99. The third kappa shape index (κ3) is 2.50. The van der Waals surface area contributed by atoms with Gasteiger partial charge in [-0.15, -0.1) is 0 Å². The Labute approximate surface area is 94.1 Å². The maximum absolute atomic E-state index is 4.98. The molecule has 0 amide bonds. The number of aromatic nitrogens is 3. The summed E-state index contributed by atoms with van der Waals surface area (Å²) in [5.41, 5.74) is 2.10. The van der Waals surface area contributed by atoms with Crippen molar-refractivity contribution in [1.29, 1.82) is 0 Å². The summed E-state index contributed by atoms with van der Waals surface area (Å²) in [6, 6.07) is 3.76. The summed E-state index contributed by atoms with van der Waals surface area (Å²) in [5, 5.41) is 7.35. The van der Waals surface area contributed by atoms with E-state index >= 15 is 0 Å². The predicted molar refractivity (Wildman–Crippen MR) is 61.3 cm³/mol. The number of hydrogen-bond acceptors (Lipinski definition) is 4. The summed E-state index contributed by atoms with van der Waals surface area (Å²) < 4.78 is 6.76. The monoisotopic (exact) mass is 218 g/mol. The van der Waals surface area contributed by atoms with Crippen molar-refractivity contribution in [3.05, 3.63) is 36.3 Å². The van der Waals surface area contributed by atoms with Gasteiger partial charge in [0.15, 0.2) is 0 Å². The Balaban J connectivity index is 1.94. The summed E-state index contributed by atoms with van der Waals surface area (Å²) >= 11 is 0. The van der Waals surface area contributed by atoms with Crippen molar-refractivity contribution in [2.75, 3.05) is 12.4 Å². The third-order valence-electron chi connectivity index (χ3n) is 2.20. The van der Waals surface area contributed by atoms with Crippen LogP contribution < -0.4 is 10.1 Å². The predicted octanol–water partition coefficient (Wildman–Crippen LogP) is 1.44. The van der Waals surface area contributed by atoms with Gasteiger partial charge in [0.2, 0.25) is 5.88 Å². The molecule has 0 atom stereocenters. The number of anilines is 1. The average molecular weight is 218 g/mol. The fourth-order valence-electron chi connectivity index (χ4n) is 1.37. The van der Waals surface area contributed by atoms with Crippen LogP contribution in [0.15, 0.2) is 30.7 Å². The van der Waals surface area contributed by atoms with Crippen LogP contribution in [-0.4, -0.2) is 21.9 Å². The second-order valence-electron chi connectivity index (χ2n) is 3.47. The molecule has 2 heterocycles. The molecule has 0 aliphatic heterocycles. The number of rotatable bonds is 4. The Morgan fingerprint density at radius 1 is 1.38 bits per heavy atom. The Bertz CT molecular complexity index is 449. The van der Waals surface area contributed by atoms with Gasteiger partial charge in [0.25, 0.3) is 0 Å². The van der Waals surface area contributed by atoms with Gasteiger partial charge in [-0.05, 0) is 6.07 Å². The van der Waals surface area contributed by atoms with Crippen LogP contribution in [0.5, 0.6) is 5.88 Å². The molecule has 5 nitrogen and oxygen atoms in total. The van der Waals surface area contributed by atoms with E-state index < -0.39 is 0 Å². The van der Waals surface area contributed by atoms with Crippen molar-refractivity contribution in [3.63, 3.8) is 0 Å². The van der Waals surface area contributed by atoms with E-state index in [1.54, 1.807) is 18.0 Å². The molecule has 5 heteroatoms. The maximum Gasteiger partial charge on any atom is 0.213 e. The molecule has 0 saturated heterocycles. The van der Waals surface area contributed by atoms with Crippen LogP contribution in [0.2, 0.25) is 0 Å². The average Bonchev–Trinajstić information content (AvgIpc) is 2.73. The molecular weight excluding hydrogens is 204 g/mol. The quantitative estimate of drug-likeness (QED) is 0.843. The van der Waals surface area contributed by atoms with Crippen molar-refractivity contribution in [2.24, 2.45) is 7.05 Å². The minimum atomic E-state index is 0.618. The third-order valence-corrected chi connectivity index (χ3v) is 2.20. The van der Waals surface area contributed by atoms with Crippen LogP contribution in [-0.2, 0) is 13.6 Å². The zero-order chi connectivity index (χ0) is 11.4. The second kappa shape index (κ2) is 4.65. The van der Waals surface area contributed by atoms with Gasteiger partial charge in [0.05, 0.1) is 25.2 Å². The van der Waals surface area contributed by atoms with Crippen LogP contribution in [0.3, 0.4) is 0 Å². The standard InChI is InChI=1S/C11H14N4O/c1-15-8-9(6-14-15)5-12-10-3-4-11(16-2)13-7-10/h3-4,6-8,12H,5H2,1-2H3. The molecule has 0 saturated carbocycles. The molecule has 0 radical (unpaired) electrons. The molecule has 2 aromatic heterocycles. The summed E-state index contributed by atoms with van der Waals surface area (Å²) in [5.74, 6) is 0.618. The fourth-order valence-corrected chi connectivity index (χ4v) is 1.37. The Morgan fingerprint density at radius 3 is 2.81 bits per heavy atom. The first kappa shape index (κ1) is 10.5. The van der Waals surface area contributed by atoms with Crippen molar-refractivity contribution in [2.45, 2.75) is 6.54 Å². The first-order valence-electron chi connectivity index (χ1n) is 4.99. The fraction of sp³-hybridized carbons (Fsp3) is 0.273. The SMILES string of the molecule is COc1ccc(NCc2cnn(C)c2)cn1. The minimum Gasteiger partial charge on any atom is -0.481 e. The zero-order valence-electron chi connectivity index (χ0n) is 9.34. The molecular formula is C11H14N4O. The highest BCUT2D eigenvalue weighted by atomic mass is 16.5. The van der Waals surface area contributed by atoms with Gasteiger partial charge < -0.3 is 10.1 Å². The van der Waals surface area contributed by atoms with Gasteiger partial charge in [-0.1, -0.05) is 0 Å². The summed E-state index contributed by atoms with van der Waals surface area (Å²) in [7, 11) is 3.50. The van der Waals surface area contributed by atoms with E-state index in [-0.39, 0.29) is 0 Å². The highest BCUT2D eigenvalue weighted by Gasteiger charge is 1.97. The molecule has 0 bridgehead atoms. The number of nitrogens with zero attached hydrogens (tertiary/aromatic N) is 3. The number of nitrogens with one attached hydrogen (secondary N) is 1. The zero-order valence-corrected chi connectivity index (χ0v) is 9.34. The highest BCUT2D eigenvalue weighted by Crippen LogP contribution is 2.11. The molecule has 0 aliphatic carbocycles. The topological polar surface area (TPSA) is 52.0 Å². The van der Waals surface area contributed by atoms with Gasteiger partial charge in [-0.2, -0.15) is 5.10 Å². The van der Waals surface area contributed by atoms with Crippen LogP contribution >= 0.6 is 0 Å². The van der Waals surface area contributed by atoms with E-state index in [0.717, 1.165) is 17.8 Å². The van der Waals surface area contributed by atoms with Crippen LogP contribution in [0.25, 0.3) is 0 Å². The van der Waals surface area contributed by atoms with Crippen LogP contribution in [0, 0.1) is 0 Å². The summed E-state index contributed by atoms with van der Waals surface area (Å²) in [6.45, 7) is 0.738. The number of ether oxygens (including phenoxy) is 1. The molecule has 84 valence electrons. The van der Waals surface area contributed by atoms with E-state index in [0.29, 0.717) is 5.88 Å². The molecule has 0 aliphatic rings. The Morgan fingerprint density at radius 2 is 2.25 bits per heavy atom. The van der Waals surface area contributed by atoms with E-state index in [9.17, 15) is 0 Å². The lowest BCUT2D eigenvalue weighted by Gasteiger charge is -2.04. The van der Waals surface area contributed by atoms with Gasteiger partial charge >= 0.3 is 0 Å². The van der Waals surface area contributed by atoms with E-state index in [1.165, 1.54) is 0 Å². The van der Waals surface area contributed by atoms with Gasteiger partial charge in [0, 0.05) is 31.4 Å². The smallest absolute Gasteiger partial charge is 0.213 e. The maximum atomic E-state index is 4.98. The summed E-state index contributed by atoms with van der Waals surface area (Å²) in [6.07, 6.45) is 5.56. The lowest BCUT2D eigenvalue weighted by atomic mass is 10.3. The molecule has 16 heavy (non-hydrogen) atoms. The van der Waals surface area contributed by atoms with Crippen LogP contribution in [0.4, 0.5) is 5.69 Å². The van der Waals surface area contributed by atoms with Gasteiger partial charge in [0.1, 0.15) is 0 Å². The lowest BCUT2D eigenvalue weighted by molar-refractivity contribution is 0.398. The van der Waals surface area contributed by atoms with Crippen LogP contribution in [0.1, 0.15) is 5.56 Å². The molecule has 0 spiro atoms. The summed E-state index contributed by atoms with van der Waals surface area (Å²) in [4.78, 5) is 4.11. The number of hydrogen-bond donors (Lipinski definition) is 1. The highest BCUT2D eigenvalue weighted by molar-refractivity contribution is 5.42. The number of pyridine rings is 1. The molecule has 0 aromatic carbocycles. The Kier molecular flexibility index (Phi) is 3.05. The van der Waals surface area contributed by atoms with Crippen molar-refractivity contribution in [3.8, 4) is 5.88 Å². The largest absolute Gasteiger partial charge is 0.481 e. The first-order chi connectivity index (χ1) is 7.78. The Hall–Kier alpha value is -2.04. The number of methoxy groups -OCH3 is 1. The second-order valence-corrected chi connectivity index (χ2v) is 3.47. The first-order valence-corrected chi connectivity index (χ1v) is 4.99. The van der Waals surface area contributed by atoms with Crippen molar-refractivity contribution >= 4 is 5.69 Å². The normalized spacial score (nSPS) is 10.1.